The lowest BCUT2D eigenvalue weighted by atomic mass is 10.1. The van der Waals surface area contributed by atoms with Gasteiger partial charge in [0.15, 0.2) is 11.5 Å². The molecule has 7 heteroatoms. The van der Waals surface area contributed by atoms with E-state index in [9.17, 15) is 5.26 Å². The zero-order valence-corrected chi connectivity index (χ0v) is 22.6. The summed E-state index contributed by atoms with van der Waals surface area (Å²) < 4.78 is 18.4. The number of benzene rings is 4. The Balaban J connectivity index is 1.46. The van der Waals surface area contributed by atoms with Crippen molar-refractivity contribution in [1.82, 2.24) is 9.97 Å². The minimum atomic E-state index is 0.415. The van der Waals surface area contributed by atoms with Gasteiger partial charge in [-0.15, -0.1) is 0 Å². The van der Waals surface area contributed by atoms with E-state index in [2.05, 4.69) is 62.9 Å². The number of aromatic nitrogens is 2. The van der Waals surface area contributed by atoms with Gasteiger partial charge in [0.1, 0.15) is 24.3 Å². The number of allylic oxidation sites excluding steroid dienone is 1. The molecular formula is C30H24IN3O3. The topological polar surface area (TPSA) is 80.2 Å². The summed E-state index contributed by atoms with van der Waals surface area (Å²) >= 11 is 2.25. The standard InChI is InChI=1S/C30H24IN3O3/c1-3-36-28-15-19(13-22(17-32)30-33-26-12-11-23(35-2)16-27(26)34-30)14-25(31)29(28)37-18-21-9-6-8-20-7-4-5-10-24(20)21/h4-16H,3,18H2,1-2H3,(H,33,34)/b22-13-. The smallest absolute Gasteiger partial charge is 0.175 e. The van der Waals surface area contributed by atoms with Crippen LogP contribution in [0.1, 0.15) is 23.9 Å². The Bertz CT molecular complexity index is 1660. The third-order valence-electron chi connectivity index (χ3n) is 5.96. The van der Waals surface area contributed by atoms with Crippen molar-refractivity contribution in [2.24, 2.45) is 0 Å². The van der Waals surface area contributed by atoms with Gasteiger partial charge in [-0.25, -0.2) is 4.98 Å². The van der Waals surface area contributed by atoms with Crippen LogP contribution in [0.25, 0.3) is 33.5 Å². The summed E-state index contributed by atoms with van der Waals surface area (Å²) in [5.41, 5.74) is 3.90. The first-order valence-corrected chi connectivity index (χ1v) is 12.9. The second-order valence-corrected chi connectivity index (χ2v) is 9.49. The summed E-state index contributed by atoms with van der Waals surface area (Å²) in [4.78, 5) is 7.80. The molecule has 5 rings (SSSR count). The first-order chi connectivity index (χ1) is 18.1. The van der Waals surface area contributed by atoms with Gasteiger partial charge >= 0.3 is 0 Å². The molecule has 0 radical (unpaired) electrons. The molecule has 0 saturated heterocycles. The first kappa shape index (κ1) is 24.7. The molecule has 1 heterocycles. The number of hydrogen-bond donors (Lipinski definition) is 1. The highest BCUT2D eigenvalue weighted by atomic mass is 127. The number of aromatic amines is 1. The molecule has 6 nitrogen and oxygen atoms in total. The van der Waals surface area contributed by atoms with E-state index in [0.29, 0.717) is 36.1 Å². The van der Waals surface area contributed by atoms with Crippen LogP contribution in [0, 0.1) is 14.9 Å². The van der Waals surface area contributed by atoms with Crippen LogP contribution in [0.4, 0.5) is 0 Å². The first-order valence-electron chi connectivity index (χ1n) is 11.8. The Labute approximate surface area is 228 Å². The van der Waals surface area contributed by atoms with E-state index in [0.717, 1.165) is 31.5 Å². The third-order valence-corrected chi connectivity index (χ3v) is 6.76. The largest absolute Gasteiger partial charge is 0.497 e. The molecule has 0 aliphatic rings. The molecule has 0 aliphatic carbocycles. The lowest BCUT2D eigenvalue weighted by Gasteiger charge is -2.16. The number of hydrogen-bond acceptors (Lipinski definition) is 5. The highest BCUT2D eigenvalue weighted by molar-refractivity contribution is 14.1. The van der Waals surface area contributed by atoms with Gasteiger partial charge in [0.25, 0.3) is 0 Å². The van der Waals surface area contributed by atoms with Crippen molar-refractivity contribution in [3.8, 4) is 23.3 Å². The summed E-state index contributed by atoms with van der Waals surface area (Å²) in [6.45, 7) is 2.84. The molecule has 0 aliphatic heterocycles. The number of rotatable bonds is 8. The molecule has 0 fully saturated rings. The number of halogens is 1. The number of nitrogens with zero attached hydrogens (tertiary/aromatic N) is 2. The fourth-order valence-corrected chi connectivity index (χ4v) is 4.99. The van der Waals surface area contributed by atoms with Crippen LogP contribution in [0.5, 0.6) is 17.2 Å². The zero-order chi connectivity index (χ0) is 25.8. The predicted molar refractivity (Wildman–Crippen MR) is 155 cm³/mol. The molecule has 37 heavy (non-hydrogen) atoms. The van der Waals surface area contributed by atoms with Crippen molar-refractivity contribution < 1.29 is 14.2 Å². The van der Waals surface area contributed by atoms with E-state index in [4.69, 9.17) is 14.2 Å². The van der Waals surface area contributed by atoms with Crippen LogP contribution >= 0.6 is 22.6 Å². The quantitative estimate of drug-likeness (QED) is 0.148. The lowest BCUT2D eigenvalue weighted by molar-refractivity contribution is 0.268. The number of ether oxygens (including phenoxy) is 3. The van der Waals surface area contributed by atoms with Crippen LogP contribution in [0.2, 0.25) is 0 Å². The SMILES string of the molecule is CCOc1cc(/C=C(/C#N)c2nc3ccc(OC)cc3[nH]2)cc(I)c1OCc1cccc2ccccc12. The van der Waals surface area contributed by atoms with Crippen LogP contribution in [-0.2, 0) is 6.61 Å². The van der Waals surface area contributed by atoms with Crippen molar-refractivity contribution >= 4 is 56.0 Å². The summed E-state index contributed by atoms with van der Waals surface area (Å²) in [5, 5.41) is 12.2. The Morgan fingerprint density at radius 2 is 1.89 bits per heavy atom. The van der Waals surface area contributed by atoms with Crippen molar-refractivity contribution in [1.29, 1.82) is 5.26 Å². The van der Waals surface area contributed by atoms with Gasteiger partial charge < -0.3 is 19.2 Å². The number of imidazole rings is 1. The number of nitriles is 1. The Kier molecular flexibility index (Phi) is 7.28. The van der Waals surface area contributed by atoms with Gasteiger partial charge in [0, 0.05) is 6.07 Å². The molecule has 0 saturated carbocycles. The van der Waals surface area contributed by atoms with E-state index in [-0.39, 0.29) is 0 Å². The lowest BCUT2D eigenvalue weighted by Crippen LogP contribution is -2.02. The van der Waals surface area contributed by atoms with Crippen LogP contribution in [-0.4, -0.2) is 23.7 Å². The maximum Gasteiger partial charge on any atom is 0.175 e. The second-order valence-electron chi connectivity index (χ2n) is 8.33. The molecule has 184 valence electrons. The van der Waals surface area contributed by atoms with Gasteiger partial charge in [-0.05, 0) is 81.8 Å². The molecular weight excluding hydrogens is 577 g/mol. The molecule has 0 spiro atoms. The van der Waals surface area contributed by atoms with Crippen molar-refractivity contribution in [2.45, 2.75) is 13.5 Å². The number of fused-ring (bicyclic) bond motifs is 2. The minimum Gasteiger partial charge on any atom is -0.497 e. The van der Waals surface area contributed by atoms with E-state index in [1.54, 1.807) is 13.2 Å². The average Bonchev–Trinajstić information content (AvgIpc) is 3.34. The van der Waals surface area contributed by atoms with Crippen molar-refractivity contribution in [3.63, 3.8) is 0 Å². The minimum absolute atomic E-state index is 0.415. The second kappa shape index (κ2) is 10.9. The molecule has 0 atom stereocenters. The zero-order valence-electron chi connectivity index (χ0n) is 20.4. The molecule has 4 aromatic carbocycles. The number of H-pyrrole nitrogens is 1. The van der Waals surface area contributed by atoms with E-state index in [1.807, 2.05) is 55.5 Å². The normalized spacial score (nSPS) is 11.5. The van der Waals surface area contributed by atoms with Crippen molar-refractivity contribution in [2.75, 3.05) is 13.7 Å². The van der Waals surface area contributed by atoms with Crippen LogP contribution < -0.4 is 14.2 Å². The van der Waals surface area contributed by atoms with Crippen LogP contribution in [0.15, 0.2) is 72.8 Å². The van der Waals surface area contributed by atoms with Gasteiger partial charge in [-0.1, -0.05) is 42.5 Å². The average molecular weight is 601 g/mol. The van der Waals surface area contributed by atoms with Gasteiger partial charge in [0.05, 0.1) is 33.9 Å². The number of methoxy groups -OCH3 is 1. The fourth-order valence-electron chi connectivity index (χ4n) is 4.21. The summed E-state index contributed by atoms with van der Waals surface area (Å²) in [5.74, 6) is 2.53. The van der Waals surface area contributed by atoms with Gasteiger partial charge in [-0.3, -0.25) is 0 Å². The molecule has 1 aromatic heterocycles. The highest BCUT2D eigenvalue weighted by Gasteiger charge is 2.15. The molecule has 1 N–H and O–H groups in total. The summed E-state index contributed by atoms with van der Waals surface area (Å²) in [7, 11) is 1.62. The number of nitrogens with one attached hydrogen (secondary N) is 1. The predicted octanol–water partition coefficient (Wildman–Crippen LogP) is 7.37. The maximum atomic E-state index is 9.90. The van der Waals surface area contributed by atoms with E-state index >= 15 is 0 Å². The molecule has 0 unspecified atom stereocenters. The molecule has 0 amide bonds. The molecule has 5 aromatic rings. The van der Waals surface area contributed by atoms with Crippen LogP contribution in [0.3, 0.4) is 0 Å². The third kappa shape index (κ3) is 5.25. The maximum absolute atomic E-state index is 9.90. The monoisotopic (exact) mass is 601 g/mol. The highest BCUT2D eigenvalue weighted by Crippen LogP contribution is 2.36. The Hall–Kier alpha value is -4.03. The van der Waals surface area contributed by atoms with Gasteiger partial charge in [-0.2, -0.15) is 5.26 Å². The van der Waals surface area contributed by atoms with Crippen molar-refractivity contribution in [3.05, 3.63) is 93.3 Å². The summed E-state index contributed by atoms with van der Waals surface area (Å²) in [6, 6.07) is 26.2. The van der Waals surface area contributed by atoms with E-state index < -0.39 is 0 Å². The van der Waals surface area contributed by atoms with E-state index in [1.165, 1.54) is 10.8 Å². The van der Waals surface area contributed by atoms with Gasteiger partial charge in [0.2, 0.25) is 0 Å². The molecule has 0 bridgehead atoms. The Morgan fingerprint density at radius 1 is 1.05 bits per heavy atom. The Morgan fingerprint density at radius 3 is 2.70 bits per heavy atom. The fraction of sp³-hybridized carbons (Fsp3) is 0.133. The summed E-state index contributed by atoms with van der Waals surface area (Å²) in [6.07, 6.45) is 1.80.